The highest BCUT2D eigenvalue weighted by Gasteiger charge is 2.65. The lowest BCUT2D eigenvalue weighted by molar-refractivity contribution is -0.191. The average Bonchev–Trinajstić information content (AvgIpc) is 3.10. The molecule has 3 aliphatic heterocycles. The minimum atomic E-state index is -6.22. The Morgan fingerprint density at radius 1 is 1.36 bits per heavy atom. The van der Waals surface area contributed by atoms with Crippen LogP contribution in [0.5, 0.6) is 5.75 Å². The fourth-order valence-corrected chi connectivity index (χ4v) is 4.12. The highest BCUT2D eigenvalue weighted by Crippen LogP contribution is 2.49. The molecular formula is C15H10F2IO9S-. The predicted octanol–water partition coefficient (Wildman–Crippen LogP) is 1.15. The van der Waals surface area contributed by atoms with Crippen LogP contribution >= 0.6 is 22.6 Å². The van der Waals surface area contributed by atoms with Crippen molar-refractivity contribution in [1.29, 1.82) is 0 Å². The predicted molar refractivity (Wildman–Crippen MR) is 90.4 cm³/mol. The number of carbonyl (C=O) groups excluding carboxylic acids is 2. The lowest BCUT2D eigenvalue weighted by Gasteiger charge is -2.39. The minimum absolute atomic E-state index is 0.123. The molecule has 152 valence electrons. The Morgan fingerprint density at radius 3 is 2.68 bits per heavy atom. The topological polar surface area (TPSA) is 128 Å². The molecule has 28 heavy (non-hydrogen) atoms. The molecule has 0 amide bonds. The average molecular weight is 531 g/mol. The van der Waals surface area contributed by atoms with Crippen LogP contribution in [0.1, 0.15) is 23.2 Å². The third-order valence-corrected chi connectivity index (χ3v) is 6.16. The molecule has 2 fully saturated rings. The van der Waals surface area contributed by atoms with Crippen molar-refractivity contribution in [2.24, 2.45) is 0 Å². The highest BCUT2D eigenvalue weighted by molar-refractivity contribution is 14.1. The van der Waals surface area contributed by atoms with Crippen LogP contribution in [0.15, 0.2) is 18.2 Å². The monoisotopic (exact) mass is 531 g/mol. The van der Waals surface area contributed by atoms with Gasteiger partial charge in [0.25, 0.3) is 5.79 Å². The number of esters is 2. The lowest BCUT2D eigenvalue weighted by Crippen LogP contribution is -2.54. The maximum Gasteiger partial charge on any atom is 0.428 e. The van der Waals surface area contributed by atoms with E-state index in [4.69, 9.17) is 14.2 Å². The van der Waals surface area contributed by atoms with Crippen molar-refractivity contribution in [2.75, 3.05) is 0 Å². The highest BCUT2D eigenvalue weighted by atomic mass is 127. The van der Waals surface area contributed by atoms with Gasteiger partial charge in [-0.05, 0) is 40.8 Å². The SMILES string of the molecule is O=C1OC2(CC3OC2CC3OC(=O)C(F)(F)S(=O)(=O)[O-])Oc2cc(I)ccc21. The van der Waals surface area contributed by atoms with Crippen LogP contribution in [-0.2, 0) is 29.1 Å². The van der Waals surface area contributed by atoms with Crippen molar-refractivity contribution < 1.29 is 50.3 Å². The number of hydrogen-bond donors (Lipinski definition) is 0. The molecule has 13 heteroatoms. The largest absolute Gasteiger partial charge is 0.743 e. The van der Waals surface area contributed by atoms with E-state index in [1.807, 2.05) is 22.6 Å². The standard InChI is InChI=1S/C15H11F2IO9S/c16-15(17,28(21,22)23)13(20)25-9-4-11-14(5-10(9)24-11)26-8-3-6(18)1-2-7(8)12(19)27-14/h1-3,9-11H,4-5H2,(H,21,22,23)/p-1. The summed E-state index contributed by atoms with van der Waals surface area (Å²) in [5, 5.41) is -5.21. The second kappa shape index (κ2) is 6.21. The number of halogens is 3. The van der Waals surface area contributed by atoms with Gasteiger partial charge in [0.1, 0.15) is 29.6 Å². The summed E-state index contributed by atoms with van der Waals surface area (Å²) in [5.41, 5.74) is 0.220. The van der Waals surface area contributed by atoms with Gasteiger partial charge in [-0.25, -0.2) is 18.0 Å². The minimum Gasteiger partial charge on any atom is -0.743 e. The molecule has 3 aliphatic rings. The first-order chi connectivity index (χ1) is 12.9. The fourth-order valence-electron chi connectivity index (χ4n) is 3.41. The lowest BCUT2D eigenvalue weighted by atomic mass is 9.90. The van der Waals surface area contributed by atoms with Crippen molar-refractivity contribution in [1.82, 2.24) is 0 Å². The molecule has 0 aromatic heterocycles. The van der Waals surface area contributed by atoms with Gasteiger partial charge in [-0.2, -0.15) is 8.78 Å². The zero-order valence-corrected chi connectivity index (χ0v) is 16.6. The van der Waals surface area contributed by atoms with E-state index in [9.17, 15) is 31.3 Å². The summed E-state index contributed by atoms with van der Waals surface area (Å²) in [5.74, 6) is -4.35. The first-order valence-corrected chi connectivity index (χ1v) is 10.3. The van der Waals surface area contributed by atoms with Gasteiger partial charge < -0.3 is 23.5 Å². The summed E-state index contributed by atoms with van der Waals surface area (Å²) < 4.78 is 80.3. The van der Waals surface area contributed by atoms with E-state index in [0.717, 1.165) is 3.57 Å². The Bertz CT molecular complexity index is 982. The maximum absolute atomic E-state index is 13.3. The normalized spacial score (nSPS) is 31.3. The molecule has 4 atom stereocenters. The van der Waals surface area contributed by atoms with Crippen molar-refractivity contribution in [3.05, 3.63) is 27.3 Å². The Hall–Kier alpha value is -1.58. The summed E-state index contributed by atoms with van der Waals surface area (Å²) in [4.78, 5) is 23.7. The molecular weight excluding hydrogens is 521 g/mol. The van der Waals surface area contributed by atoms with Crippen LogP contribution < -0.4 is 4.74 Å². The van der Waals surface area contributed by atoms with Crippen molar-refractivity contribution in [2.45, 2.75) is 42.2 Å². The smallest absolute Gasteiger partial charge is 0.428 e. The summed E-state index contributed by atoms with van der Waals surface area (Å²) in [6.07, 6.45) is -3.45. The van der Waals surface area contributed by atoms with Gasteiger partial charge in [0.2, 0.25) is 0 Å². The van der Waals surface area contributed by atoms with E-state index >= 15 is 0 Å². The van der Waals surface area contributed by atoms with E-state index in [1.165, 1.54) is 6.07 Å². The van der Waals surface area contributed by atoms with Crippen LogP contribution in [0.25, 0.3) is 0 Å². The van der Waals surface area contributed by atoms with Crippen LogP contribution in [0, 0.1) is 3.57 Å². The fraction of sp³-hybridized carbons (Fsp3) is 0.467. The third-order valence-electron chi connectivity index (χ3n) is 4.70. The second-order valence-corrected chi connectivity index (χ2v) is 9.13. The van der Waals surface area contributed by atoms with E-state index in [-0.39, 0.29) is 24.2 Å². The van der Waals surface area contributed by atoms with Gasteiger partial charge in [0.15, 0.2) is 10.1 Å². The molecule has 0 radical (unpaired) electrons. The number of rotatable bonds is 3. The number of fused-ring (bicyclic) bond motifs is 4. The van der Waals surface area contributed by atoms with E-state index in [1.54, 1.807) is 12.1 Å². The number of alkyl halides is 2. The molecule has 4 unspecified atom stereocenters. The molecule has 2 bridgehead atoms. The summed E-state index contributed by atoms with van der Waals surface area (Å²) >= 11 is 2.03. The van der Waals surface area contributed by atoms with E-state index < -0.39 is 51.4 Å². The number of benzene rings is 1. The van der Waals surface area contributed by atoms with Gasteiger partial charge in [0.05, 0.1) is 6.42 Å². The molecule has 9 nitrogen and oxygen atoms in total. The van der Waals surface area contributed by atoms with Gasteiger partial charge in [-0.3, -0.25) is 0 Å². The summed E-state index contributed by atoms with van der Waals surface area (Å²) in [6, 6.07) is 4.86. The molecule has 1 aromatic rings. The van der Waals surface area contributed by atoms with Crippen LogP contribution in [0.2, 0.25) is 0 Å². The van der Waals surface area contributed by atoms with Crippen molar-refractivity contribution >= 4 is 44.6 Å². The van der Waals surface area contributed by atoms with E-state index in [0.29, 0.717) is 0 Å². The second-order valence-electron chi connectivity index (χ2n) is 6.46. The van der Waals surface area contributed by atoms with Gasteiger partial charge in [-0.1, -0.05) is 0 Å². The Kier molecular flexibility index (Phi) is 4.37. The number of carbonyl (C=O) groups is 2. The zero-order chi connectivity index (χ0) is 20.5. The van der Waals surface area contributed by atoms with Crippen LogP contribution in [-0.4, -0.2) is 54.3 Å². The van der Waals surface area contributed by atoms with E-state index in [2.05, 4.69) is 4.74 Å². The Balaban J connectivity index is 1.51. The molecule has 2 saturated heterocycles. The van der Waals surface area contributed by atoms with Crippen molar-refractivity contribution in [3.8, 4) is 5.75 Å². The summed E-state index contributed by atoms with van der Waals surface area (Å²) in [6.45, 7) is 0. The number of ether oxygens (including phenoxy) is 4. The molecule has 4 rings (SSSR count). The molecule has 0 saturated carbocycles. The van der Waals surface area contributed by atoms with Crippen LogP contribution in [0.3, 0.4) is 0 Å². The van der Waals surface area contributed by atoms with Gasteiger partial charge >= 0.3 is 17.2 Å². The molecule has 3 heterocycles. The molecule has 0 aliphatic carbocycles. The van der Waals surface area contributed by atoms with Gasteiger partial charge in [0, 0.05) is 9.99 Å². The number of hydrogen-bond acceptors (Lipinski definition) is 9. The van der Waals surface area contributed by atoms with Gasteiger partial charge in [-0.15, -0.1) is 0 Å². The van der Waals surface area contributed by atoms with Crippen molar-refractivity contribution in [3.63, 3.8) is 0 Å². The first-order valence-electron chi connectivity index (χ1n) is 7.85. The third kappa shape index (κ3) is 2.95. The first kappa shape index (κ1) is 19.7. The quantitative estimate of drug-likeness (QED) is 0.321. The molecule has 1 aromatic carbocycles. The molecule has 1 spiro atoms. The Morgan fingerprint density at radius 2 is 2.07 bits per heavy atom. The zero-order valence-electron chi connectivity index (χ0n) is 13.6. The summed E-state index contributed by atoms with van der Waals surface area (Å²) in [7, 11) is -6.22. The maximum atomic E-state index is 13.3. The Labute approximate surface area is 170 Å². The van der Waals surface area contributed by atoms with Crippen LogP contribution in [0.4, 0.5) is 8.78 Å². The molecule has 0 N–H and O–H groups in total.